The summed E-state index contributed by atoms with van der Waals surface area (Å²) in [6, 6.07) is 9.98. The number of nitrogens with two attached hydrogens (primary N) is 1. The van der Waals surface area contributed by atoms with Gasteiger partial charge in [-0.25, -0.2) is 4.98 Å². The average molecular weight is 450 g/mol. The topological polar surface area (TPSA) is 128 Å². The SMILES string of the molecule is Cc1cc(Oc2ccc(C(N)=O)cc2)nc([C@@H]2CCCCN2CC(=O)Nc2ccn(C)n2)n1. The monoisotopic (exact) mass is 449 g/mol. The molecule has 3 aromatic rings. The van der Waals surface area contributed by atoms with E-state index in [4.69, 9.17) is 10.5 Å². The van der Waals surface area contributed by atoms with Crippen molar-refractivity contribution in [3.63, 3.8) is 0 Å². The summed E-state index contributed by atoms with van der Waals surface area (Å²) < 4.78 is 7.55. The third-order valence-electron chi connectivity index (χ3n) is 5.45. The molecule has 10 nitrogen and oxygen atoms in total. The van der Waals surface area contributed by atoms with Crippen molar-refractivity contribution in [2.75, 3.05) is 18.4 Å². The molecule has 1 aromatic carbocycles. The fourth-order valence-electron chi connectivity index (χ4n) is 3.89. The standard InChI is InChI=1S/C23H27N7O3/c1-15-13-21(33-17-8-6-16(7-9-17)22(24)32)27-23(25-15)18-5-3-4-11-30(18)14-20(31)26-19-10-12-29(2)28-19/h6-10,12-13,18H,3-5,11,14H2,1-2H3,(H2,24,32)(H,26,28,31)/t18-/m0/s1. The zero-order valence-corrected chi connectivity index (χ0v) is 18.7. The zero-order valence-electron chi connectivity index (χ0n) is 18.7. The van der Waals surface area contributed by atoms with Gasteiger partial charge in [-0.3, -0.25) is 19.2 Å². The van der Waals surface area contributed by atoms with E-state index >= 15 is 0 Å². The number of aryl methyl sites for hydroxylation is 2. The van der Waals surface area contributed by atoms with Crippen molar-refractivity contribution in [3.8, 4) is 11.6 Å². The van der Waals surface area contributed by atoms with E-state index in [1.54, 1.807) is 54.3 Å². The number of benzene rings is 1. The van der Waals surface area contributed by atoms with E-state index in [9.17, 15) is 9.59 Å². The molecule has 2 aromatic heterocycles. The molecule has 33 heavy (non-hydrogen) atoms. The van der Waals surface area contributed by atoms with Crippen LogP contribution >= 0.6 is 0 Å². The molecular weight excluding hydrogens is 422 g/mol. The Labute approximate surface area is 191 Å². The number of primary amides is 1. The van der Waals surface area contributed by atoms with E-state index in [1.165, 1.54) is 0 Å². The molecule has 0 spiro atoms. The van der Waals surface area contributed by atoms with Crippen LogP contribution in [0.3, 0.4) is 0 Å². The summed E-state index contributed by atoms with van der Waals surface area (Å²) in [7, 11) is 1.80. The first-order valence-electron chi connectivity index (χ1n) is 10.8. The Morgan fingerprint density at radius 3 is 2.67 bits per heavy atom. The van der Waals surface area contributed by atoms with Crippen LogP contribution in [0.25, 0.3) is 0 Å². The van der Waals surface area contributed by atoms with Crippen LogP contribution < -0.4 is 15.8 Å². The molecule has 3 heterocycles. The summed E-state index contributed by atoms with van der Waals surface area (Å²) in [5.41, 5.74) is 6.47. The Kier molecular flexibility index (Phi) is 6.64. The minimum absolute atomic E-state index is 0.0901. The second-order valence-corrected chi connectivity index (χ2v) is 8.10. The molecular formula is C23H27N7O3. The number of piperidine rings is 1. The molecule has 4 rings (SSSR count). The highest BCUT2D eigenvalue weighted by molar-refractivity contribution is 5.92. The highest BCUT2D eigenvalue weighted by Gasteiger charge is 2.28. The summed E-state index contributed by atoms with van der Waals surface area (Å²) in [6.07, 6.45) is 4.68. The molecule has 1 aliphatic rings. The molecule has 1 aliphatic heterocycles. The van der Waals surface area contributed by atoms with Crippen molar-refractivity contribution in [2.24, 2.45) is 12.8 Å². The Hall–Kier alpha value is -3.79. The summed E-state index contributed by atoms with van der Waals surface area (Å²) in [5.74, 6) is 1.49. The normalized spacial score (nSPS) is 16.4. The number of aromatic nitrogens is 4. The number of carbonyl (C=O) groups is 2. The van der Waals surface area contributed by atoms with Gasteiger partial charge in [-0.05, 0) is 50.6 Å². The lowest BCUT2D eigenvalue weighted by Crippen LogP contribution is -2.40. The third-order valence-corrected chi connectivity index (χ3v) is 5.45. The number of nitrogens with one attached hydrogen (secondary N) is 1. The van der Waals surface area contributed by atoms with Crippen molar-refractivity contribution >= 4 is 17.6 Å². The second kappa shape index (κ2) is 9.78. The Bertz CT molecular complexity index is 1140. The van der Waals surface area contributed by atoms with Gasteiger partial charge < -0.3 is 15.8 Å². The van der Waals surface area contributed by atoms with Crippen LogP contribution in [-0.4, -0.2) is 49.6 Å². The van der Waals surface area contributed by atoms with Gasteiger partial charge in [0.25, 0.3) is 0 Å². The predicted molar refractivity (Wildman–Crippen MR) is 122 cm³/mol. The predicted octanol–water partition coefficient (Wildman–Crippen LogP) is 2.58. The average Bonchev–Trinajstić information content (AvgIpc) is 3.18. The fourth-order valence-corrected chi connectivity index (χ4v) is 3.89. The summed E-state index contributed by atoms with van der Waals surface area (Å²) in [4.78, 5) is 35.3. The van der Waals surface area contributed by atoms with Gasteiger partial charge in [0.15, 0.2) is 5.82 Å². The number of hydrogen-bond acceptors (Lipinski definition) is 7. The largest absolute Gasteiger partial charge is 0.439 e. The van der Waals surface area contributed by atoms with E-state index in [-0.39, 0.29) is 18.5 Å². The summed E-state index contributed by atoms with van der Waals surface area (Å²) in [6.45, 7) is 2.89. The summed E-state index contributed by atoms with van der Waals surface area (Å²) in [5, 5.41) is 7.04. The van der Waals surface area contributed by atoms with Gasteiger partial charge in [0.1, 0.15) is 11.6 Å². The number of rotatable bonds is 7. The zero-order chi connectivity index (χ0) is 23.4. The van der Waals surface area contributed by atoms with Crippen molar-refractivity contribution in [2.45, 2.75) is 32.2 Å². The van der Waals surface area contributed by atoms with Gasteiger partial charge in [0.05, 0.1) is 12.6 Å². The number of likely N-dealkylation sites (tertiary alicyclic amines) is 1. The van der Waals surface area contributed by atoms with E-state index in [2.05, 4.69) is 25.3 Å². The van der Waals surface area contributed by atoms with E-state index in [1.807, 2.05) is 6.92 Å². The molecule has 2 amide bonds. The number of amides is 2. The van der Waals surface area contributed by atoms with Crippen molar-refractivity contribution in [1.29, 1.82) is 0 Å². The lowest BCUT2D eigenvalue weighted by Gasteiger charge is -2.34. The number of anilines is 1. The Morgan fingerprint density at radius 1 is 1.18 bits per heavy atom. The maximum atomic E-state index is 12.6. The van der Waals surface area contributed by atoms with E-state index in [0.717, 1.165) is 31.5 Å². The number of carbonyl (C=O) groups excluding carboxylic acids is 2. The second-order valence-electron chi connectivity index (χ2n) is 8.10. The lowest BCUT2D eigenvalue weighted by molar-refractivity contribution is -0.118. The lowest BCUT2D eigenvalue weighted by atomic mass is 10.0. The fraction of sp³-hybridized carbons (Fsp3) is 0.348. The molecule has 0 aliphatic carbocycles. The van der Waals surface area contributed by atoms with Crippen LogP contribution in [0.5, 0.6) is 11.6 Å². The molecule has 0 bridgehead atoms. The maximum absolute atomic E-state index is 12.6. The molecule has 172 valence electrons. The first-order chi connectivity index (χ1) is 15.9. The minimum Gasteiger partial charge on any atom is -0.439 e. The Balaban J connectivity index is 1.49. The van der Waals surface area contributed by atoms with E-state index < -0.39 is 5.91 Å². The van der Waals surface area contributed by atoms with Gasteiger partial charge in [-0.15, -0.1) is 0 Å². The van der Waals surface area contributed by atoms with Gasteiger partial charge in [0, 0.05) is 36.6 Å². The van der Waals surface area contributed by atoms with Crippen molar-refractivity contribution in [1.82, 2.24) is 24.6 Å². The van der Waals surface area contributed by atoms with Crippen LogP contribution in [0.2, 0.25) is 0 Å². The molecule has 0 radical (unpaired) electrons. The van der Waals surface area contributed by atoms with Crippen molar-refractivity contribution in [3.05, 3.63) is 59.7 Å². The van der Waals surface area contributed by atoms with Crippen LogP contribution in [0, 0.1) is 6.92 Å². The van der Waals surface area contributed by atoms with Gasteiger partial charge in [0.2, 0.25) is 17.7 Å². The van der Waals surface area contributed by atoms with Crippen LogP contribution in [0.15, 0.2) is 42.6 Å². The van der Waals surface area contributed by atoms with Crippen LogP contribution in [0.4, 0.5) is 5.82 Å². The quantitative estimate of drug-likeness (QED) is 0.567. The van der Waals surface area contributed by atoms with Gasteiger partial charge >= 0.3 is 0 Å². The van der Waals surface area contributed by atoms with Crippen LogP contribution in [-0.2, 0) is 11.8 Å². The van der Waals surface area contributed by atoms with Gasteiger partial charge in [-0.1, -0.05) is 6.42 Å². The minimum atomic E-state index is -0.494. The molecule has 1 saturated heterocycles. The smallest absolute Gasteiger partial charge is 0.248 e. The van der Waals surface area contributed by atoms with Gasteiger partial charge in [-0.2, -0.15) is 10.1 Å². The Morgan fingerprint density at radius 2 is 1.97 bits per heavy atom. The maximum Gasteiger partial charge on any atom is 0.248 e. The highest BCUT2D eigenvalue weighted by atomic mass is 16.5. The molecule has 1 fully saturated rings. The first-order valence-corrected chi connectivity index (χ1v) is 10.8. The van der Waals surface area contributed by atoms with Crippen molar-refractivity contribution < 1.29 is 14.3 Å². The highest BCUT2D eigenvalue weighted by Crippen LogP contribution is 2.30. The molecule has 0 unspecified atom stereocenters. The molecule has 0 saturated carbocycles. The molecule has 1 atom stereocenters. The van der Waals surface area contributed by atoms with Crippen LogP contribution in [0.1, 0.15) is 47.2 Å². The number of hydrogen-bond donors (Lipinski definition) is 2. The first kappa shape index (κ1) is 22.4. The number of nitrogens with zero attached hydrogens (tertiary/aromatic N) is 5. The third kappa shape index (κ3) is 5.72. The molecule has 10 heteroatoms. The summed E-state index contributed by atoms with van der Waals surface area (Å²) >= 11 is 0. The number of ether oxygens (including phenoxy) is 1. The van der Waals surface area contributed by atoms with E-state index in [0.29, 0.717) is 28.8 Å². The molecule has 3 N–H and O–H groups in total.